The number of benzene rings is 3. The lowest BCUT2D eigenvalue weighted by molar-refractivity contribution is 0.307. The van der Waals surface area contributed by atoms with Crippen molar-refractivity contribution in [2.75, 3.05) is 16.8 Å². The molecular weight excluding hydrogens is 440 g/mol. The molecule has 0 bridgehead atoms. The number of anilines is 3. The van der Waals surface area contributed by atoms with Crippen LogP contribution in [0, 0.1) is 22.8 Å². The minimum absolute atomic E-state index is 0.000351. The maximum absolute atomic E-state index is 9.51. The van der Waals surface area contributed by atoms with Crippen LogP contribution in [0.4, 0.5) is 17.3 Å². The van der Waals surface area contributed by atoms with Gasteiger partial charge in [0.2, 0.25) is 5.96 Å². The Hall–Kier alpha value is -5.28. The average molecular weight is 461 g/mol. The van der Waals surface area contributed by atoms with Gasteiger partial charge in [-0.3, -0.25) is 5.32 Å². The number of nitrogens with zero attached hydrogens (tertiary/aromatic N) is 4. The standard InChI is InChI=1S/C26H20N8O/c27-12-20-22(29)21-23(32-26(31-14-28)34-25(21)33-24(20)30)16-7-4-9-18(11-16)35-13-17-8-3-6-15-5-1-2-10-19(15)17/h1-11,23H,13H2,(H6,29,30,31,32,33,34). The highest BCUT2D eigenvalue weighted by Crippen LogP contribution is 2.41. The second kappa shape index (κ2) is 8.93. The van der Waals surface area contributed by atoms with Crippen LogP contribution in [0.5, 0.6) is 5.75 Å². The number of hydrogen-bond donors (Lipinski definition) is 4. The molecule has 1 aliphatic heterocycles. The van der Waals surface area contributed by atoms with Crippen LogP contribution in [0.15, 0.2) is 71.7 Å². The fourth-order valence-electron chi connectivity index (χ4n) is 4.18. The van der Waals surface area contributed by atoms with Crippen LogP contribution >= 0.6 is 0 Å². The van der Waals surface area contributed by atoms with E-state index < -0.39 is 6.04 Å². The highest BCUT2D eigenvalue weighted by Gasteiger charge is 2.29. The van der Waals surface area contributed by atoms with Crippen molar-refractivity contribution in [1.29, 1.82) is 10.5 Å². The van der Waals surface area contributed by atoms with Crippen molar-refractivity contribution in [2.24, 2.45) is 4.99 Å². The largest absolute Gasteiger partial charge is 0.489 e. The molecular formula is C26H20N8O. The Morgan fingerprint density at radius 3 is 2.66 bits per heavy atom. The number of nitrogens with one attached hydrogen (secondary N) is 2. The summed E-state index contributed by atoms with van der Waals surface area (Å²) < 4.78 is 6.14. The van der Waals surface area contributed by atoms with Crippen molar-refractivity contribution in [3.05, 3.63) is 89.0 Å². The van der Waals surface area contributed by atoms with E-state index in [2.05, 4.69) is 38.8 Å². The van der Waals surface area contributed by atoms with E-state index in [9.17, 15) is 5.26 Å². The molecule has 0 saturated carbocycles. The molecule has 2 heterocycles. The molecule has 35 heavy (non-hydrogen) atoms. The van der Waals surface area contributed by atoms with Crippen LogP contribution in [-0.4, -0.2) is 10.9 Å². The third-order valence-electron chi connectivity index (χ3n) is 5.81. The van der Waals surface area contributed by atoms with Crippen molar-refractivity contribution in [1.82, 2.24) is 10.3 Å². The minimum atomic E-state index is -0.636. The number of aromatic nitrogens is 1. The Morgan fingerprint density at radius 2 is 1.83 bits per heavy atom. The normalized spacial score (nSPS) is 14.1. The molecule has 0 saturated heterocycles. The Morgan fingerprint density at radius 1 is 1.03 bits per heavy atom. The summed E-state index contributed by atoms with van der Waals surface area (Å²) in [5.41, 5.74) is 14.8. The molecule has 0 fully saturated rings. The Labute approximate surface area is 201 Å². The number of nitrogens with two attached hydrogens (primary N) is 2. The lowest BCUT2D eigenvalue weighted by Gasteiger charge is -2.26. The maximum atomic E-state index is 9.51. The topological polar surface area (TPSA) is 158 Å². The summed E-state index contributed by atoms with van der Waals surface area (Å²) in [4.78, 5) is 8.88. The molecule has 1 aromatic heterocycles. The third-order valence-corrected chi connectivity index (χ3v) is 5.81. The summed E-state index contributed by atoms with van der Waals surface area (Å²) in [7, 11) is 0. The quantitative estimate of drug-likeness (QED) is 0.264. The van der Waals surface area contributed by atoms with Crippen molar-refractivity contribution in [3.63, 3.8) is 0 Å². The number of rotatable bonds is 4. The fraction of sp³-hybridized carbons (Fsp3) is 0.0769. The summed E-state index contributed by atoms with van der Waals surface area (Å²) in [5, 5.41) is 26.3. The molecule has 0 spiro atoms. The molecule has 3 aromatic carbocycles. The predicted molar refractivity (Wildman–Crippen MR) is 134 cm³/mol. The number of ether oxygens (including phenoxy) is 1. The molecule has 5 rings (SSSR count). The number of nitriles is 2. The smallest absolute Gasteiger partial charge is 0.211 e. The summed E-state index contributed by atoms with van der Waals surface area (Å²) in [6.45, 7) is 0.386. The molecule has 9 nitrogen and oxygen atoms in total. The lowest BCUT2D eigenvalue weighted by atomic mass is 9.95. The van der Waals surface area contributed by atoms with Crippen molar-refractivity contribution < 1.29 is 4.74 Å². The zero-order chi connectivity index (χ0) is 24.4. The molecule has 170 valence electrons. The molecule has 4 aromatic rings. The monoisotopic (exact) mass is 460 g/mol. The molecule has 1 unspecified atom stereocenters. The van der Waals surface area contributed by atoms with E-state index in [0.29, 0.717) is 23.7 Å². The molecule has 0 amide bonds. The fourth-order valence-corrected chi connectivity index (χ4v) is 4.18. The van der Waals surface area contributed by atoms with Crippen LogP contribution in [0.2, 0.25) is 0 Å². The molecule has 6 N–H and O–H groups in total. The van der Waals surface area contributed by atoms with Gasteiger partial charge >= 0.3 is 0 Å². The lowest BCUT2D eigenvalue weighted by Crippen LogP contribution is -2.32. The minimum Gasteiger partial charge on any atom is -0.489 e. The SMILES string of the molecule is N#CNC1=NC(c2cccc(OCc3cccc4ccccc34)c2)c2c(nc(N)c(C#N)c2N)N1. The van der Waals surface area contributed by atoms with Gasteiger partial charge < -0.3 is 21.5 Å². The van der Waals surface area contributed by atoms with Crippen molar-refractivity contribution in [2.45, 2.75) is 12.6 Å². The van der Waals surface area contributed by atoms with Gasteiger partial charge in [0, 0.05) is 5.56 Å². The number of fused-ring (bicyclic) bond motifs is 2. The first-order valence-corrected chi connectivity index (χ1v) is 10.8. The van der Waals surface area contributed by atoms with Gasteiger partial charge in [0.05, 0.1) is 5.69 Å². The van der Waals surface area contributed by atoms with Gasteiger partial charge in [-0.05, 0) is 34.0 Å². The van der Waals surface area contributed by atoms with Gasteiger partial charge in [-0.25, -0.2) is 9.98 Å². The number of aliphatic imine (C=N–C) groups is 1. The Bertz CT molecular complexity index is 1560. The highest BCUT2D eigenvalue weighted by molar-refractivity contribution is 5.98. The van der Waals surface area contributed by atoms with Gasteiger partial charge in [0.1, 0.15) is 41.7 Å². The highest BCUT2D eigenvalue weighted by atomic mass is 16.5. The second-order valence-electron chi connectivity index (χ2n) is 7.90. The summed E-state index contributed by atoms with van der Waals surface area (Å²) in [5.74, 6) is 1.17. The molecule has 9 heteroatoms. The van der Waals surface area contributed by atoms with E-state index in [1.165, 1.54) is 0 Å². The van der Waals surface area contributed by atoms with Gasteiger partial charge in [-0.2, -0.15) is 10.5 Å². The van der Waals surface area contributed by atoms with E-state index >= 15 is 0 Å². The first kappa shape index (κ1) is 21.6. The third kappa shape index (κ3) is 3.99. The molecule has 0 radical (unpaired) electrons. The van der Waals surface area contributed by atoms with Gasteiger partial charge in [-0.15, -0.1) is 0 Å². The molecule has 0 aliphatic carbocycles. The van der Waals surface area contributed by atoms with Crippen LogP contribution in [0.3, 0.4) is 0 Å². The van der Waals surface area contributed by atoms with Crippen LogP contribution < -0.4 is 26.8 Å². The van der Waals surface area contributed by atoms with Gasteiger partial charge in [-0.1, -0.05) is 54.6 Å². The number of hydrogen-bond acceptors (Lipinski definition) is 9. The summed E-state index contributed by atoms with van der Waals surface area (Å²) in [6, 6.07) is 23.1. The van der Waals surface area contributed by atoms with E-state index in [-0.39, 0.29) is 23.0 Å². The van der Waals surface area contributed by atoms with Gasteiger partial charge in [0.15, 0.2) is 6.19 Å². The first-order chi connectivity index (χ1) is 17.1. The van der Waals surface area contributed by atoms with E-state index in [4.69, 9.17) is 21.5 Å². The number of nitrogen functional groups attached to an aromatic ring is 2. The van der Waals surface area contributed by atoms with Crippen LogP contribution in [0.25, 0.3) is 10.8 Å². The van der Waals surface area contributed by atoms with E-state index in [1.807, 2.05) is 60.8 Å². The zero-order valence-electron chi connectivity index (χ0n) is 18.5. The van der Waals surface area contributed by atoms with Gasteiger partial charge in [0.25, 0.3) is 0 Å². The molecule has 1 aliphatic rings. The van der Waals surface area contributed by atoms with Crippen LogP contribution in [0.1, 0.15) is 28.3 Å². The summed E-state index contributed by atoms with van der Waals surface area (Å²) in [6.07, 6.45) is 1.85. The second-order valence-corrected chi connectivity index (χ2v) is 7.90. The average Bonchev–Trinajstić information content (AvgIpc) is 2.87. The number of pyridine rings is 1. The van der Waals surface area contributed by atoms with E-state index in [0.717, 1.165) is 21.9 Å². The maximum Gasteiger partial charge on any atom is 0.211 e. The predicted octanol–water partition coefficient (Wildman–Crippen LogP) is 3.79. The molecule has 1 atom stereocenters. The van der Waals surface area contributed by atoms with Crippen LogP contribution in [-0.2, 0) is 6.61 Å². The Kier molecular flexibility index (Phi) is 5.50. The Balaban J connectivity index is 1.51. The van der Waals surface area contributed by atoms with E-state index in [1.54, 1.807) is 0 Å². The summed E-state index contributed by atoms with van der Waals surface area (Å²) >= 11 is 0. The number of guanidine groups is 1. The zero-order valence-corrected chi connectivity index (χ0v) is 18.5. The first-order valence-electron chi connectivity index (χ1n) is 10.8. The van der Waals surface area contributed by atoms with Crippen molar-refractivity contribution in [3.8, 4) is 18.0 Å². The van der Waals surface area contributed by atoms with Crippen molar-refractivity contribution >= 4 is 34.1 Å².